The summed E-state index contributed by atoms with van der Waals surface area (Å²) >= 11 is 0. The zero-order valence-electron chi connectivity index (χ0n) is 13.3. The summed E-state index contributed by atoms with van der Waals surface area (Å²) < 4.78 is 5.31. The Balaban J connectivity index is 1.65. The average Bonchev–Trinajstić information content (AvgIpc) is 3.06. The lowest BCUT2D eigenvalue weighted by molar-refractivity contribution is -0.138. The molecule has 0 spiro atoms. The maximum Gasteiger partial charge on any atom is 0.246 e. The number of carbonyl (C=O) groups excluding carboxylic acids is 2. The molecule has 120 valence electrons. The van der Waals surface area contributed by atoms with E-state index in [2.05, 4.69) is 16.0 Å². The first-order chi connectivity index (χ1) is 11.1. The first-order valence-electron chi connectivity index (χ1n) is 7.80. The molecular weight excluding hydrogens is 294 g/mol. The monoisotopic (exact) mass is 313 g/mol. The van der Waals surface area contributed by atoms with Gasteiger partial charge in [0.2, 0.25) is 11.8 Å². The van der Waals surface area contributed by atoms with Crippen molar-refractivity contribution >= 4 is 22.7 Å². The van der Waals surface area contributed by atoms with Crippen molar-refractivity contribution in [2.75, 3.05) is 20.7 Å². The van der Waals surface area contributed by atoms with Crippen LogP contribution in [0.4, 0.5) is 0 Å². The van der Waals surface area contributed by atoms with Gasteiger partial charge in [0.1, 0.15) is 5.75 Å². The van der Waals surface area contributed by atoms with Crippen LogP contribution in [0.2, 0.25) is 0 Å². The number of likely N-dealkylation sites (tertiary alicyclic amines) is 1. The third kappa shape index (κ3) is 2.13. The highest BCUT2D eigenvalue weighted by molar-refractivity contribution is 6.05. The number of likely N-dealkylation sites (N-methyl/N-ethyl adjacent to an activating group) is 1. The summed E-state index contributed by atoms with van der Waals surface area (Å²) in [7, 11) is 3.23. The maximum absolute atomic E-state index is 12.2. The third-order valence-corrected chi connectivity index (χ3v) is 5.01. The fourth-order valence-electron chi connectivity index (χ4n) is 3.66. The standard InChI is InChI=1S/C17H19N3O3/c1-19-16(21)8-15(17(19)22)20-6-5-11-12-7-10(23-2)3-4-13(12)18-14(11)9-20/h3-4,7,15,18H,5-6,8-9H2,1-2H3. The van der Waals surface area contributed by atoms with Crippen molar-refractivity contribution in [2.45, 2.75) is 25.4 Å². The van der Waals surface area contributed by atoms with Gasteiger partial charge in [0.15, 0.2) is 0 Å². The molecular formula is C17H19N3O3. The Labute approximate surface area is 134 Å². The molecule has 1 aromatic carbocycles. The van der Waals surface area contributed by atoms with Crippen LogP contribution in [0, 0.1) is 0 Å². The minimum atomic E-state index is -0.318. The van der Waals surface area contributed by atoms with Gasteiger partial charge in [-0.3, -0.25) is 19.4 Å². The van der Waals surface area contributed by atoms with E-state index in [1.54, 1.807) is 14.2 Å². The molecule has 0 saturated carbocycles. The Morgan fingerprint density at radius 3 is 2.83 bits per heavy atom. The fourth-order valence-corrected chi connectivity index (χ4v) is 3.66. The quantitative estimate of drug-likeness (QED) is 0.849. The highest BCUT2D eigenvalue weighted by Crippen LogP contribution is 2.32. The molecule has 6 nitrogen and oxygen atoms in total. The number of ether oxygens (including phenoxy) is 1. The molecule has 1 aromatic heterocycles. The van der Waals surface area contributed by atoms with Crippen molar-refractivity contribution in [3.8, 4) is 5.75 Å². The van der Waals surface area contributed by atoms with Crippen LogP contribution >= 0.6 is 0 Å². The molecule has 0 radical (unpaired) electrons. The van der Waals surface area contributed by atoms with Gasteiger partial charge in [0, 0.05) is 36.7 Å². The lowest BCUT2D eigenvalue weighted by atomic mass is 10.0. The summed E-state index contributed by atoms with van der Waals surface area (Å²) in [6, 6.07) is 5.70. The number of hydrogen-bond donors (Lipinski definition) is 1. The summed E-state index contributed by atoms with van der Waals surface area (Å²) in [4.78, 5) is 30.8. The number of rotatable bonds is 2. The molecule has 23 heavy (non-hydrogen) atoms. The van der Waals surface area contributed by atoms with Gasteiger partial charge in [-0.15, -0.1) is 0 Å². The van der Waals surface area contributed by atoms with Crippen molar-refractivity contribution in [1.29, 1.82) is 0 Å². The molecule has 2 aliphatic heterocycles. The highest BCUT2D eigenvalue weighted by Gasteiger charge is 2.41. The van der Waals surface area contributed by atoms with E-state index in [0.717, 1.165) is 29.9 Å². The van der Waals surface area contributed by atoms with Gasteiger partial charge < -0.3 is 9.72 Å². The number of carbonyl (C=O) groups is 2. The van der Waals surface area contributed by atoms with Crippen LogP contribution in [0.15, 0.2) is 18.2 Å². The van der Waals surface area contributed by atoms with Gasteiger partial charge in [-0.1, -0.05) is 0 Å². The van der Waals surface area contributed by atoms with E-state index >= 15 is 0 Å². The Kier molecular flexibility index (Phi) is 3.16. The number of benzene rings is 1. The van der Waals surface area contributed by atoms with Gasteiger partial charge >= 0.3 is 0 Å². The van der Waals surface area contributed by atoms with E-state index in [9.17, 15) is 9.59 Å². The van der Waals surface area contributed by atoms with E-state index in [-0.39, 0.29) is 17.9 Å². The Morgan fingerprint density at radius 1 is 1.30 bits per heavy atom. The highest BCUT2D eigenvalue weighted by atomic mass is 16.5. The topological polar surface area (TPSA) is 65.6 Å². The van der Waals surface area contributed by atoms with Gasteiger partial charge in [0.25, 0.3) is 0 Å². The maximum atomic E-state index is 12.2. The zero-order chi connectivity index (χ0) is 16.1. The van der Waals surface area contributed by atoms with Crippen molar-refractivity contribution < 1.29 is 14.3 Å². The van der Waals surface area contributed by atoms with E-state index in [4.69, 9.17) is 4.74 Å². The number of aromatic nitrogens is 1. The largest absolute Gasteiger partial charge is 0.497 e. The first-order valence-corrected chi connectivity index (χ1v) is 7.80. The van der Waals surface area contributed by atoms with Crippen LogP contribution in [0.1, 0.15) is 17.7 Å². The second kappa shape index (κ2) is 5.09. The number of imide groups is 1. The lowest BCUT2D eigenvalue weighted by Crippen LogP contribution is -2.43. The number of methoxy groups -OCH3 is 1. The molecule has 2 amide bonds. The molecule has 0 aliphatic carbocycles. The Bertz CT molecular complexity index is 811. The van der Waals surface area contributed by atoms with Crippen LogP contribution in [-0.2, 0) is 22.6 Å². The van der Waals surface area contributed by atoms with Crippen LogP contribution in [0.5, 0.6) is 5.75 Å². The SMILES string of the molecule is COc1ccc2[nH]c3c(c2c1)CCN(C1CC(=O)N(C)C1=O)C3. The summed E-state index contributed by atoms with van der Waals surface area (Å²) in [5.41, 5.74) is 3.51. The summed E-state index contributed by atoms with van der Waals surface area (Å²) in [5, 5.41) is 1.19. The van der Waals surface area contributed by atoms with E-state index in [0.29, 0.717) is 13.0 Å². The van der Waals surface area contributed by atoms with Crippen molar-refractivity contribution in [2.24, 2.45) is 0 Å². The normalized spacial score (nSPS) is 22.0. The first kappa shape index (κ1) is 14.3. The van der Waals surface area contributed by atoms with Crippen molar-refractivity contribution in [3.05, 3.63) is 29.5 Å². The second-order valence-electron chi connectivity index (χ2n) is 6.23. The lowest BCUT2D eigenvalue weighted by Gasteiger charge is -2.30. The fraction of sp³-hybridized carbons (Fsp3) is 0.412. The van der Waals surface area contributed by atoms with E-state index in [1.807, 2.05) is 12.1 Å². The smallest absolute Gasteiger partial charge is 0.246 e. The molecule has 1 unspecified atom stereocenters. The molecule has 0 bridgehead atoms. The van der Waals surface area contributed by atoms with Crippen LogP contribution < -0.4 is 4.74 Å². The number of amides is 2. The molecule has 1 saturated heterocycles. The van der Waals surface area contributed by atoms with Crippen LogP contribution in [0.3, 0.4) is 0 Å². The molecule has 4 rings (SSSR count). The van der Waals surface area contributed by atoms with Gasteiger partial charge in [-0.05, 0) is 30.2 Å². The average molecular weight is 313 g/mol. The number of aromatic amines is 1. The predicted molar refractivity (Wildman–Crippen MR) is 85.1 cm³/mol. The zero-order valence-corrected chi connectivity index (χ0v) is 13.3. The minimum Gasteiger partial charge on any atom is -0.497 e. The predicted octanol–water partition coefficient (Wildman–Crippen LogP) is 1.29. The summed E-state index contributed by atoms with van der Waals surface area (Å²) in [6.07, 6.45) is 1.16. The molecule has 1 atom stereocenters. The number of H-pyrrole nitrogens is 1. The summed E-state index contributed by atoms with van der Waals surface area (Å²) in [6.45, 7) is 1.46. The van der Waals surface area contributed by atoms with Gasteiger partial charge in [-0.2, -0.15) is 0 Å². The van der Waals surface area contributed by atoms with Gasteiger partial charge in [-0.25, -0.2) is 0 Å². The van der Waals surface area contributed by atoms with Crippen LogP contribution in [0.25, 0.3) is 10.9 Å². The number of nitrogens with zero attached hydrogens (tertiary/aromatic N) is 2. The van der Waals surface area contributed by atoms with E-state index in [1.165, 1.54) is 15.8 Å². The molecule has 3 heterocycles. The minimum absolute atomic E-state index is 0.0868. The number of fused-ring (bicyclic) bond motifs is 3. The second-order valence-corrected chi connectivity index (χ2v) is 6.23. The third-order valence-electron chi connectivity index (χ3n) is 5.01. The van der Waals surface area contributed by atoms with Gasteiger partial charge in [0.05, 0.1) is 19.6 Å². The van der Waals surface area contributed by atoms with E-state index < -0.39 is 0 Å². The molecule has 6 heteroatoms. The molecule has 2 aliphatic rings. The Morgan fingerprint density at radius 2 is 2.13 bits per heavy atom. The molecule has 1 N–H and O–H groups in total. The summed E-state index contributed by atoms with van der Waals surface area (Å²) in [5.74, 6) is 0.670. The Hall–Kier alpha value is -2.34. The molecule has 1 fully saturated rings. The molecule has 2 aromatic rings. The number of hydrogen-bond acceptors (Lipinski definition) is 4. The van der Waals surface area contributed by atoms with Crippen molar-refractivity contribution in [1.82, 2.24) is 14.8 Å². The van der Waals surface area contributed by atoms with Crippen molar-refractivity contribution in [3.63, 3.8) is 0 Å². The number of nitrogens with one attached hydrogen (secondary N) is 1. The van der Waals surface area contributed by atoms with Crippen LogP contribution in [-0.4, -0.2) is 53.3 Å².